The average molecular weight is 358 g/mol. The van der Waals surface area contributed by atoms with Gasteiger partial charge in [-0.2, -0.15) is 0 Å². The fraction of sp³-hybridized carbons (Fsp3) is 0.471. The Kier molecular flexibility index (Phi) is 4.35. The van der Waals surface area contributed by atoms with Crippen molar-refractivity contribution < 1.29 is 14.4 Å². The molecule has 3 aliphatic rings. The number of nitrogens with zero attached hydrogens (tertiary/aromatic N) is 2. The van der Waals surface area contributed by atoms with Crippen molar-refractivity contribution in [1.82, 2.24) is 26.0 Å². The van der Waals surface area contributed by atoms with Crippen molar-refractivity contribution in [3.05, 3.63) is 35.9 Å². The van der Waals surface area contributed by atoms with Crippen LogP contribution in [0.5, 0.6) is 0 Å². The Hall–Kier alpha value is -2.49. The third-order valence-electron chi connectivity index (χ3n) is 5.33. The molecule has 3 heterocycles. The molecule has 4 unspecified atom stereocenters. The van der Waals surface area contributed by atoms with Gasteiger partial charge in [-0.25, -0.2) is 10.9 Å². The van der Waals surface area contributed by atoms with Crippen molar-refractivity contribution in [1.29, 1.82) is 0 Å². The first kappa shape index (κ1) is 17.0. The van der Waals surface area contributed by atoms with Crippen molar-refractivity contribution in [2.24, 2.45) is 5.73 Å². The number of fused-ring (bicyclic) bond motifs is 1. The quantitative estimate of drug-likeness (QED) is 0.472. The van der Waals surface area contributed by atoms with E-state index in [2.05, 4.69) is 16.2 Å². The molecule has 3 saturated heterocycles. The summed E-state index contributed by atoms with van der Waals surface area (Å²) in [5.74, 6) is -0.657. The number of carbonyl (C=O) groups excluding carboxylic acids is 3. The summed E-state index contributed by atoms with van der Waals surface area (Å²) in [5.41, 5.74) is 13.1. The number of carbonyl (C=O) groups is 3. The van der Waals surface area contributed by atoms with Crippen LogP contribution in [0.2, 0.25) is 0 Å². The molecule has 3 fully saturated rings. The lowest BCUT2D eigenvalue weighted by Gasteiger charge is -2.43. The Morgan fingerprint density at radius 1 is 1.12 bits per heavy atom. The lowest BCUT2D eigenvalue weighted by Crippen LogP contribution is -2.67. The predicted octanol–water partition coefficient (Wildman–Crippen LogP) is -2.30. The van der Waals surface area contributed by atoms with Crippen molar-refractivity contribution in [2.75, 3.05) is 26.2 Å². The molecule has 3 aliphatic heterocycles. The molecular weight excluding hydrogens is 336 g/mol. The SMILES string of the molecule is NC1NNC(C(=O)N2CCN3C(=O)CNC(=O)C3C2)C1c1ccccc1. The maximum atomic E-state index is 13.1. The van der Waals surface area contributed by atoms with Gasteiger partial charge in [0.05, 0.1) is 19.3 Å². The number of benzene rings is 1. The van der Waals surface area contributed by atoms with E-state index >= 15 is 0 Å². The highest BCUT2D eigenvalue weighted by Gasteiger charge is 2.45. The van der Waals surface area contributed by atoms with Gasteiger partial charge in [-0.1, -0.05) is 30.3 Å². The van der Waals surface area contributed by atoms with Crippen LogP contribution in [0.4, 0.5) is 0 Å². The summed E-state index contributed by atoms with van der Waals surface area (Å²) < 4.78 is 0. The Bertz CT molecular complexity index is 726. The molecular formula is C17H22N6O3. The van der Waals surface area contributed by atoms with Gasteiger partial charge >= 0.3 is 0 Å². The number of amides is 3. The van der Waals surface area contributed by atoms with Gasteiger partial charge in [-0.05, 0) is 5.56 Å². The Labute approximate surface area is 150 Å². The molecule has 1 aromatic rings. The summed E-state index contributed by atoms with van der Waals surface area (Å²) in [6, 6.07) is 8.50. The first-order valence-corrected chi connectivity index (χ1v) is 8.74. The maximum Gasteiger partial charge on any atom is 0.245 e. The summed E-state index contributed by atoms with van der Waals surface area (Å²) in [6.07, 6.45) is -0.396. The van der Waals surface area contributed by atoms with Crippen molar-refractivity contribution in [3.8, 4) is 0 Å². The zero-order valence-electron chi connectivity index (χ0n) is 14.2. The van der Waals surface area contributed by atoms with Crippen molar-refractivity contribution in [2.45, 2.75) is 24.2 Å². The smallest absolute Gasteiger partial charge is 0.245 e. The molecule has 138 valence electrons. The largest absolute Gasteiger partial charge is 0.345 e. The summed E-state index contributed by atoms with van der Waals surface area (Å²) in [7, 11) is 0. The molecule has 26 heavy (non-hydrogen) atoms. The lowest BCUT2D eigenvalue weighted by atomic mass is 9.89. The van der Waals surface area contributed by atoms with Crippen LogP contribution in [0.15, 0.2) is 30.3 Å². The predicted molar refractivity (Wildman–Crippen MR) is 92.3 cm³/mol. The monoisotopic (exact) mass is 358 g/mol. The fourth-order valence-electron chi connectivity index (χ4n) is 3.95. The number of hydrogen-bond donors (Lipinski definition) is 4. The highest BCUT2D eigenvalue weighted by atomic mass is 16.2. The molecule has 0 spiro atoms. The Balaban J connectivity index is 1.52. The standard InChI is InChI=1S/C17H22N6O3/c18-15-13(10-4-2-1-3-5-10)14(20-21-15)17(26)22-6-7-23-11(9-22)16(25)19-8-12(23)24/h1-5,11,13-15,20-21H,6-9,18H2,(H,19,25). The molecule has 0 radical (unpaired) electrons. The first-order chi connectivity index (χ1) is 12.6. The molecule has 5 N–H and O–H groups in total. The summed E-state index contributed by atoms with van der Waals surface area (Å²) >= 11 is 0. The van der Waals surface area contributed by atoms with Crippen LogP contribution in [0, 0.1) is 0 Å². The van der Waals surface area contributed by atoms with E-state index < -0.39 is 18.2 Å². The van der Waals surface area contributed by atoms with E-state index in [1.54, 1.807) is 9.80 Å². The minimum absolute atomic E-state index is 0.0301. The second-order valence-corrected chi connectivity index (χ2v) is 6.83. The molecule has 0 aliphatic carbocycles. The van der Waals surface area contributed by atoms with Crippen LogP contribution < -0.4 is 21.9 Å². The van der Waals surface area contributed by atoms with Crippen LogP contribution in [-0.2, 0) is 14.4 Å². The average Bonchev–Trinajstić information content (AvgIpc) is 3.06. The Morgan fingerprint density at radius 3 is 2.65 bits per heavy atom. The third-order valence-corrected chi connectivity index (χ3v) is 5.33. The number of nitrogens with one attached hydrogen (secondary N) is 3. The highest BCUT2D eigenvalue weighted by molar-refractivity contribution is 5.96. The summed E-state index contributed by atoms with van der Waals surface area (Å²) in [5, 5.41) is 2.59. The number of piperazine rings is 2. The van der Waals surface area contributed by atoms with Crippen LogP contribution in [0.1, 0.15) is 11.5 Å². The van der Waals surface area contributed by atoms with E-state index in [0.717, 1.165) is 5.56 Å². The third kappa shape index (κ3) is 2.83. The van der Waals surface area contributed by atoms with Gasteiger partial charge in [-0.15, -0.1) is 0 Å². The number of hydrazine groups is 1. The summed E-state index contributed by atoms with van der Waals surface area (Å²) in [6.45, 7) is 1.00. The number of rotatable bonds is 2. The number of hydrogen-bond acceptors (Lipinski definition) is 6. The molecule has 1 aromatic carbocycles. The topological polar surface area (TPSA) is 120 Å². The lowest BCUT2D eigenvalue weighted by molar-refractivity contribution is -0.153. The van der Waals surface area contributed by atoms with Gasteiger partial charge in [0.25, 0.3) is 0 Å². The summed E-state index contributed by atoms with van der Waals surface area (Å²) in [4.78, 5) is 40.4. The Morgan fingerprint density at radius 2 is 1.88 bits per heavy atom. The van der Waals surface area contributed by atoms with Gasteiger partial charge in [-0.3, -0.25) is 14.4 Å². The normalized spacial score (nSPS) is 31.6. The van der Waals surface area contributed by atoms with Crippen molar-refractivity contribution in [3.63, 3.8) is 0 Å². The first-order valence-electron chi connectivity index (χ1n) is 8.74. The van der Waals surface area contributed by atoms with E-state index in [9.17, 15) is 14.4 Å². The molecule has 4 atom stereocenters. The van der Waals surface area contributed by atoms with Crippen molar-refractivity contribution >= 4 is 17.7 Å². The van der Waals surface area contributed by atoms with E-state index in [0.29, 0.717) is 13.1 Å². The highest BCUT2D eigenvalue weighted by Crippen LogP contribution is 2.27. The number of nitrogens with two attached hydrogens (primary N) is 1. The fourth-order valence-corrected chi connectivity index (χ4v) is 3.95. The van der Waals surface area contributed by atoms with E-state index in [-0.39, 0.29) is 36.7 Å². The molecule has 0 saturated carbocycles. The molecule has 0 aromatic heterocycles. The van der Waals surface area contributed by atoms with Gasteiger partial charge in [0.15, 0.2) is 0 Å². The van der Waals surface area contributed by atoms with Crippen LogP contribution >= 0.6 is 0 Å². The molecule has 4 rings (SSSR count). The minimum atomic E-state index is -0.618. The van der Waals surface area contributed by atoms with Gasteiger partial charge in [0.2, 0.25) is 17.7 Å². The zero-order chi connectivity index (χ0) is 18.3. The maximum absolute atomic E-state index is 13.1. The molecule has 3 amide bonds. The molecule has 9 heteroatoms. The zero-order valence-corrected chi connectivity index (χ0v) is 14.2. The van der Waals surface area contributed by atoms with Crippen LogP contribution in [0.25, 0.3) is 0 Å². The minimum Gasteiger partial charge on any atom is -0.345 e. The van der Waals surface area contributed by atoms with E-state index in [1.165, 1.54) is 0 Å². The second kappa shape index (κ2) is 6.67. The van der Waals surface area contributed by atoms with Crippen LogP contribution in [-0.4, -0.2) is 71.9 Å². The van der Waals surface area contributed by atoms with E-state index in [4.69, 9.17) is 5.73 Å². The van der Waals surface area contributed by atoms with Gasteiger partial charge in [0, 0.05) is 19.0 Å². The molecule has 9 nitrogen and oxygen atoms in total. The molecule has 0 bridgehead atoms. The van der Waals surface area contributed by atoms with Crippen LogP contribution in [0.3, 0.4) is 0 Å². The van der Waals surface area contributed by atoms with Gasteiger partial charge < -0.3 is 20.9 Å². The second-order valence-electron chi connectivity index (χ2n) is 6.83. The van der Waals surface area contributed by atoms with Gasteiger partial charge in [0.1, 0.15) is 12.1 Å². The van der Waals surface area contributed by atoms with E-state index in [1.807, 2.05) is 30.3 Å².